The minimum absolute atomic E-state index is 0.280. The van der Waals surface area contributed by atoms with Gasteiger partial charge >= 0.3 is 5.97 Å². The van der Waals surface area contributed by atoms with Gasteiger partial charge in [-0.1, -0.05) is 17.7 Å². The summed E-state index contributed by atoms with van der Waals surface area (Å²) >= 11 is 1.48. The molecule has 5 heteroatoms. The molecule has 0 radical (unpaired) electrons. The van der Waals surface area contributed by atoms with Crippen molar-refractivity contribution in [3.8, 4) is 5.75 Å². The molecule has 0 N–H and O–H groups in total. The molecule has 1 aliphatic heterocycles. The van der Waals surface area contributed by atoms with Crippen molar-refractivity contribution in [2.45, 2.75) is 6.92 Å². The Balaban J connectivity index is 2.00. The highest BCUT2D eigenvalue weighted by atomic mass is 32.1. The number of hydrogen-bond donors (Lipinski definition) is 0. The first kappa shape index (κ1) is 13.6. The normalized spacial score (nSPS) is 16.0. The minimum Gasteiger partial charge on any atom is -0.496 e. The summed E-state index contributed by atoms with van der Waals surface area (Å²) in [5.74, 6) is 0.607. The van der Waals surface area contributed by atoms with Gasteiger partial charge in [-0.3, -0.25) is 0 Å². The van der Waals surface area contributed by atoms with Gasteiger partial charge in [0, 0.05) is 5.56 Å². The molecular formula is C16H13NO3S. The molecule has 0 bridgehead atoms. The first-order valence-corrected chi connectivity index (χ1v) is 7.26. The Kier molecular flexibility index (Phi) is 3.58. The lowest BCUT2D eigenvalue weighted by Crippen LogP contribution is -2.03. The van der Waals surface area contributed by atoms with E-state index in [4.69, 9.17) is 9.47 Å². The number of benzene rings is 1. The van der Waals surface area contributed by atoms with E-state index in [-0.39, 0.29) is 5.70 Å². The monoisotopic (exact) mass is 299 g/mol. The number of rotatable bonds is 3. The van der Waals surface area contributed by atoms with Crippen LogP contribution >= 0.6 is 11.3 Å². The van der Waals surface area contributed by atoms with E-state index in [0.29, 0.717) is 11.6 Å². The second-order valence-electron chi connectivity index (χ2n) is 4.56. The van der Waals surface area contributed by atoms with Crippen LogP contribution in [-0.2, 0) is 9.53 Å². The van der Waals surface area contributed by atoms with Gasteiger partial charge in [-0.15, -0.1) is 11.3 Å². The van der Waals surface area contributed by atoms with Crippen LogP contribution in [0.4, 0.5) is 0 Å². The third-order valence-corrected chi connectivity index (χ3v) is 3.89. The fourth-order valence-electron chi connectivity index (χ4n) is 2.03. The number of carbonyl (C=O) groups is 1. The highest BCUT2D eigenvalue weighted by Gasteiger charge is 2.25. The Labute approximate surface area is 126 Å². The van der Waals surface area contributed by atoms with E-state index >= 15 is 0 Å². The van der Waals surface area contributed by atoms with Gasteiger partial charge in [0.05, 0.1) is 12.0 Å². The number of aryl methyl sites for hydroxylation is 1. The van der Waals surface area contributed by atoms with E-state index in [1.165, 1.54) is 11.3 Å². The maximum Gasteiger partial charge on any atom is 0.363 e. The van der Waals surface area contributed by atoms with Crippen LogP contribution in [0.25, 0.3) is 6.08 Å². The molecule has 0 saturated heterocycles. The minimum atomic E-state index is -0.443. The van der Waals surface area contributed by atoms with Crippen LogP contribution in [0.1, 0.15) is 16.0 Å². The lowest BCUT2D eigenvalue weighted by molar-refractivity contribution is -0.129. The van der Waals surface area contributed by atoms with Crippen molar-refractivity contribution < 1.29 is 14.3 Å². The summed E-state index contributed by atoms with van der Waals surface area (Å²) in [6, 6.07) is 9.52. The van der Waals surface area contributed by atoms with Gasteiger partial charge in [0.25, 0.3) is 0 Å². The molecule has 0 saturated carbocycles. The van der Waals surface area contributed by atoms with Gasteiger partial charge in [0.2, 0.25) is 5.90 Å². The molecule has 0 atom stereocenters. The molecule has 3 rings (SSSR count). The standard InChI is InChI=1S/C16H13NO3S/c1-10-5-6-13(19-2)11(8-10)9-12-16(18)20-15(17-12)14-4-3-7-21-14/h3-9H,1-2H3/b12-9+. The van der Waals surface area contributed by atoms with Crippen molar-refractivity contribution in [2.75, 3.05) is 7.11 Å². The predicted octanol–water partition coefficient (Wildman–Crippen LogP) is 3.41. The SMILES string of the molecule is COc1ccc(C)cc1/C=C1/N=C(c2cccs2)OC1=O. The molecular weight excluding hydrogens is 286 g/mol. The van der Waals surface area contributed by atoms with Gasteiger partial charge in [0.1, 0.15) is 5.75 Å². The summed E-state index contributed by atoms with van der Waals surface area (Å²) in [5.41, 5.74) is 2.17. The predicted molar refractivity (Wildman–Crippen MR) is 82.7 cm³/mol. The summed E-state index contributed by atoms with van der Waals surface area (Å²) in [5, 5.41) is 1.91. The molecule has 2 heterocycles. The zero-order valence-electron chi connectivity index (χ0n) is 11.6. The molecule has 1 aromatic carbocycles. The molecule has 0 unspecified atom stereocenters. The van der Waals surface area contributed by atoms with Crippen LogP contribution in [0.5, 0.6) is 5.75 Å². The fourth-order valence-corrected chi connectivity index (χ4v) is 2.68. The molecule has 1 aliphatic rings. The number of ether oxygens (including phenoxy) is 2. The van der Waals surface area contributed by atoms with Gasteiger partial charge < -0.3 is 9.47 Å². The molecule has 0 fully saturated rings. The van der Waals surface area contributed by atoms with Crippen molar-refractivity contribution in [3.05, 3.63) is 57.4 Å². The molecule has 1 aromatic heterocycles. The number of methoxy groups -OCH3 is 1. The Morgan fingerprint density at radius 3 is 2.90 bits per heavy atom. The third-order valence-electron chi connectivity index (χ3n) is 3.03. The average Bonchev–Trinajstić information content (AvgIpc) is 3.10. The second kappa shape index (κ2) is 5.54. The lowest BCUT2D eigenvalue weighted by atomic mass is 10.1. The number of hydrogen-bond acceptors (Lipinski definition) is 5. The molecule has 0 spiro atoms. The Morgan fingerprint density at radius 2 is 2.19 bits per heavy atom. The number of cyclic esters (lactones) is 1. The number of nitrogens with zero attached hydrogens (tertiary/aromatic N) is 1. The summed E-state index contributed by atoms with van der Waals surface area (Å²) in [7, 11) is 1.60. The second-order valence-corrected chi connectivity index (χ2v) is 5.51. The van der Waals surface area contributed by atoms with Crippen LogP contribution < -0.4 is 4.74 Å². The van der Waals surface area contributed by atoms with Crippen molar-refractivity contribution in [3.63, 3.8) is 0 Å². The zero-order valence-corrected chi connectivity index (χ0v) is 12.4. The van der Waals surface area contributed by atoms with E-state index < -0.39 is 5.97 Å². The number of esters is 1. The van der Waals surface area contributed by atoms with Crippen LogP contribution in [-0.4, -0.2) is 19.0 Å². The van der Waals surface area contributed by atoms with E-state index in [9.17, 15) is 4.79 Å². The number of aliphatic imine (C=N–C) groups is 1. The van der Waals surface area contributed by atoms with Crippen molar-refractivity contribution in [1.29, 1.82) is 0 Å². The molecule has 4 nitrogen and oxygen atoms in total. The van der Waals surface area contributed by atoms with Gasteiger partial charge in [0.15, 0.2) is 5.70 Å². The Hall–Kier alpha value is -2.40. The summed E-state index contributed by atoms with van der Waals surface area (Å²) < 4.78 is 10.5. The van der Waals surface area contributed by atoms with Crippen LogP contribution in [0.3, 0.4) is 0 Å². The maximum absolute atomic E-state index is 11.9. The third kappa shape index (κ3) is 2.73. The van der Waals surface area contributed by atoms with E-state index in [0.717, 1.165) is 16.0 Å². The van der Waals surface area contributed by atoms with Crippen molar-refractivity contribution in [1.82, 2.24) is 0 Å². The van der Waals surface area contributed by atoms with Crippen molar-refractivity contribution >= 4 is 29.3 Å². The number of thiophene rings is 1. The van der Waals surface area contributed by atoms with E-state index in [2.05, 4.69) is 4.99 Å². The molecule has 0 aliphatic carbocycles. The van der Waals surface area contributed by atoms with Gasteiger partial charge in [-0.2, -0.15) is 0 Å². The topological polar surface area (TPSA) is 47.9 Å². The van der Waals surface area contributed by atoms with Gasteiger partial charge in [-0.05, 0) is 36.6 Å². The molecule has 21 heavy (non-hydrogen) atoms. The average molecular weight is 299 g/mol. The Bertz CT molecular complexity index is 745. The van der Waals surface area contributed by atoms with Crippen LogP contribution in [0.2, 0.25) is 0 Å². The largest absolute Gasteiger partial charge is 0.496 e. The van der Waals surface area contributed by atoms with Crippen LogP contribution in [0.15, 0.2) is 46.4 Å². The summed E-state index contributed by atoms with van der Waals surface area (Å²) in [6.45, 7) is 1.98. The maximum atomic E-state index is 11.9. The smallest absolute Gasteiger partial charge is 0.363 e. The zero-order chi connectivity index (χ0) is 14.8. The molecule has 0 amide bonds. The van der Waals surface area contributed by atoms with E-state index in [1.54, 1.807) is 13.2 Å². The quantitative estimate of drug-likeness (QED) is 0.644. The number of carbonyl (C=O) groups excluding carboxylic acids is 1. The molecule has 106 valence electrons. The summed E-state index contributed by atoms with van der Waals surface area (Å²) in [6.07, 6.45) is 1.69. The summed E-state index contributed by atoms with van der Waals surface area (Å²) in [4.78, 5) is 17.0. The highest BCUT2D eigenvalue weighted by Crippen LogP contribution is 2.26. The lowest BCUT2D eigenvalue weighted by Gasteiger charge is -2.05. The first-order valence-electron chi connectivity index (χ1n) is 6.38. The molecule has 2 aromatic rings. The Morgan fingerprint density at radius 1 is 1.33 bits per heavy atom. The van der Waals surface area contributed by atoms with E-state index in [1.807, 2.05) is 42.6 Å². The van der Waals surface area contributed by atoms with Crippen LogP contribution in [0, 0.1) is 6.92 Å². The first-order chi connectivity index (χ1) is 10.2. The van der Waals surface area contributed by atoms with Gasteiger partial charge in [-0.25, -0.2) is 9.79 Å². The van der Waals surface area contributed by atoms with Crippen molar-refractivity contribution in [2.24, 2.45) is 4.99 Å². The highest BCUT2D eigenvalue weighted by molar-refractivity contribution is 7.12. The fraction of sp³-hybridized carbons (Fsp3) is 0.125.